The minimum Gasteiger partial charge on any atom is -0.398 e. The first kappa shape index (κ1) is 13.6. The van der Waals surface area contributed by atoms with Crippen molar-refractivity contribution in [3.8, 4) is 6.07 Å². The number of carbonyl (C=O) groups is 1. The number of rotatable bonds is 4. The smallest absolute Gasteiger partial charge is 0.284 e. The van der Waals surface area contributed by atoms with Gasteiger partial charge in [0.05, 0.1) is 0 Å². The van der Waals surface area contributed by atoms with E-state index in [0.717, 1.165) is 3.58 Å². The summed E-state index contributed by atoms with van der Waals surface area (Å²) in [6.45, 7) is 0.382. The Morgan fingerprint density at radius 3 is 2.86 bits per heavy atom. The summed E-state index contributed by atoms with van der Waals surface area (Å²) in [6, 6.07) is 1.63. The van der Waals surface area contributed by atoms with Gasteiger partial charge in [-0.15, -0.1) is 0 Å². The molecule has 1 N–H and O–H groups in total. The third-order valence-corrected chi connectivity index (χ3v) is 3.68. The Balaban J connectivity index is 4.22. The molecule has 0 saturated carbocycles. The number of carbonyl (C=O) groups excluding carboxylic acids is 1. The maximum Gasteiger partial charge on any atom is 0.284 e. The Morgan fingerprint density at radius 1 is 1.79 bits per heavy atom. The van der Waals surface area contributed by atoms with Crippen LogP contribution in [0.4, 0.5) is 0 Å². The minimum absolute atomic E-state index is 0.287. The summed E-state index contributed by atoms with van der Waals surface area (Å²) in [7, 11) is 1.28. The van der Waals surface area contributed by atoms with E-state index in [1.165, 1.54) is 7.11 Å². The van der Waals surface area contributed by atoms with Gasteiger partial charge >= 0.3 is 0 Å². The molecule has 0 aromatic carbocycles. The van der Waals surface area contributed by atoms with Gasteiger partial charge in [-0.1, -0.05) is 27.7 Å². The summed E-state index contributed by atoms with van der Waals surface area (Å²) in [4.78, 5) is 15.5. The van der Waals surface area contributed by atoms with Crippen molar-refractivity contribution in [1.82, 2.24) is 5.32 Å². The molecule has 0 radical (unpaired) electrons. The molecular formula is C7H7I2N3O2. The number of nitrogens with zero attached hydrogens (tertiary/aromatic N) is 2. The summed E-state index contributed by atoms with van der Waals surface area (Å²) in [5.74, 6) is -0.540. The van der Waals surface area contributed by atoms with E-state index in [1.54, 1.807) is 6.07 Å². The number of nitriles is 1. The molecule has 0 unspecified atom stereocenters. The van der Waals surface area contributed by atoms with E-state index in [0.29, 0.717) is 6.54 Å². The molecule has 0 rings (SSSR count). The Kier molecular flexibility index (Phi) is 7.77. The monoisotopic (exact) mass is 419 g/mol. The molecule has 0 saturated heterocycles. The lowest BCUT2D eigenvalue weighted by atomic mass is 10.4. The van der Waals surface area contributed by atoms with Gasteiger partial charge in [0.2, 0.25) is 5.71 Å². The molecule has 0 aliphatic rings. The fourth-order valence-corrected chi connectivity index (χ4v) is 0.902. The lowest BCUT2D eigenvalue weighted by Crippen LogP contribution is -2.31. The first-order valence-corrected chi connectivity index (χ1v) is 5.72. The van der Waals surface area contributed by atoms with Gasteiger partial charge in [-0.2, -0.15) is 5.26 Å². The fraction of sp³-hybridized carbons (Fsp3) is 0.286. The van der Waals surface area contributed by atoms with Crippen LogP contribution in [0.25, 0.3) is 0 Å². The number of halogens is 2. The van der Waals surface area contributed by atoms with Gasteiger partial charge in [0.1, 0.15) is 13.2 Å². The van der Waals surface area contributed by atoms with E-state index < -0.39 is 5.91 Å². The van der Waals surface area contributed by atoms with E-state index in [9.17, 15) is 4.79 Å². The van der Waals surface area contributed by atoms with Crippen LogP contribution in [0.15, 0.2) is 12.8 Å². The molecule has 1 amide bonds. The fourth-order valence-electron chi connectivity index (χ4n) is 0.491. The van der Waals surface area contributed by atoms with E-state index >= 15 is 0 Å². The van der Waals surface area contributed by atoms with Crippen molar-refractivity contribution in [2.45, 2.75) is 0 Å². The van der Waals surface area contributed by atoms with Crippen molar-refractivity contribution in [3.63, 3.8) is 0 Å². The summed E-state index contributed by atoms with van der Waals surface area (Å²) < 4.78 is 2.80. The highest BCUT2D eigenvalue weighted by atomic mass is 127. The van der Waals surface area contributed by atoms with Gasteiger partial charge in [-0.25, -0.2) is 0 Å². The maximum atomic E-state index is 11.2. The molecule has 7 heteroatoms. The van der Waals surface area contributed by atoms with E-state index in [2.05, 4.69) is 60.5 Å². The lowest BCUT2D eigenvalue weighted by Gasteiger charge is -2.00. The van der Waals surface area contributed by atoms with Crippen LogP contribution in [0, 0.1) is 11.3 Å². The van der Waals surface area contributed by atoms with Crippen LogP contribution in [-0.2, 0) is 9.63 Å². The van der Waals surface area contributed by atoms with E-state index in [1.807, 2.05) is 4.08 Å². The molecule has 76 valence electrons. The van der Waals surface area contributed by atoms with Gasteiger partial charge in [0.15, 0.2) is 0 Å². The molecule has 0 fully saturated rings. The van der Waals surface area contributed by atoms with Gasteiger partial charge in [-0.3, -0.25) is 4.79 Å². The average Bonchev–Trinajstić information content (AvgIpc) is 2.21. The van der Waals surface area contributed by atoms with Gasteiger partial charge < -0.3 is 10.2 Å². The van der Waals surface area contributed by atoms with Crippen molar-refractivity contribution in [2.75, 3.05) is 13.7 Å². The highest BCUT2D eigenvalue weighted by Crippen LogP contribution is 2.06. The highest BCUT2D eigenvalue weighted by molar-refractivity contribution is 14.1. The average molecular weight is 419 g/mol. The molecule has 0 heterocycles. The first-order chi connectivity index (χ1) is 6.65. The molecule has 0 aliphatic heterocycles. The zero-order valence-electron chi connectivity index (χ0n) is 7.25. The quantitative estimate of drug-likeness (QED) is 0.425. The highest BCUT2D eigenvalue weighted by Gasteiger charge is 2.10. The zero-order chi connectivity index (χ0) is 11.0. The van der Waals surface area contributed by atoms with Crippen LogP contribution < -0.4 is 5.32 Å². The maximum absolute atomic E-state index is 11.2. The zero-order valence-corrected chi connectivity index (χ0v) is 11.6. The van der Waals surface area contributed by atoms with Crippen molar-refractivity contribution >= 4 is 56.8 Å². The molecule has 0 spiro atoms. The van der Waals surface area contributed by atoms with Crippen molar-refractivity contribution in [3.05, 3.63) is 7.66 Å². The van der Waals surface area contributed by atoms with Gasteiger partial charge in [0, 0.05) is 10.1 Å². The number of hydrogen-bond donors (Lipinski definition) is 1. The molecular weight excluding hydrogens is 412 g/mol. The third-order valence-electron chi connectivity index (χ3n) is 1.04. The molecule has 0 aromatic rings. The predicted molar refractivity (Wildman–Crippen MR) is 69.2 cm³/mol. The largest absolute Gasteiger partial charge is 0.398 e. The normalized spacial score (nSPS) is 11.9. The predicted octanol–water partition coefficient (Wildman–Crippen LogP) is 1.34. The Hall–Kier alpha value is -0.370. The van der Waals surface area contributed by atoms with Crippen LogP contribution in [0.3, 0.4) is 0 Å². The number of nitrogens with one attached hydrogen (secondary N) is 1. The summed E-state index contributed by atoms with van der Waals surface area (Å²) in [6.07, 6.45) is 0. The topological polar surface area (TPSA) is 74.5 Å². The Bertz CT molecular complexity index is 307. The summed E-state index contributed by atoms with van der Waals surface area (Å²) in [5, 5.41) is 14.3. The van der Waals surface area contributed by atoms with Gasteiger partial charge in [0.25, 0.3) is 5.91 Å². The molecule has 14 heavy (non-hydrogen) atoms. The number of amides is 1. The second kappa shape index (κ2) is 7.98. The molecule has 0 aromatic heterocycles. The van der Waals surface area contributed by atoms with Crippen molar-refractivity contribution in [2.24, 2.45) is 5.16 Å². The number of hydrogen-bond acceptors (Lipinski definition) is 4. The summed E-state index contributed by atoms with van der Waals surface area (Å²) in [5.41, 5.74) is -0.287. The number of oxime groups is 1. The van der Waals surface area contributed by atoms with E-state index in [4.69, 9.17) is 5.26 Å². The molecule has 5 nitrogen and oxygen atoms in total. The Morgan fingerprint density at radius 2 is 2.43 bits per heavy atom. The third kappa shape index (κ3) is 5.38. The molecule has 0 atom stereocenters. The standard InChI is InChI=1S/C7H7I2N3O2/c1-14-12-6(3-10)7(13)11-4-5(9)2-8/h2H,4H2,1H3,(H,11,13). The minimum atomic E-state index is -0.540. The second-order valence-corrected chi connectivity index (χ2v) is 3.98. The van der Waals surface area contributed by atoms with Gasteiger partial charge in [-0.05, 0) is 26.7 Å². The van der Waals surface area contributed by atoms with Crippen LogP contribution in [-0.4, -0.2) is 25.3 Å². The second-order valence-electron chi connectivity index (χ2n) is 1.97. The molecule has 0 aliphatic carbocycles. The lowest BCUT2D eigenvalue weighted by molar-refractivity contribution is -0.114. The van der Waals surface area contributed by atoms with E-state index in [-0.39, 0.29) is 5.71 Å². The van der Waals surface area contributed by atoms with Crippen LogP contribution in [0.1, 0.15) is 0 Å². The van der Waals surface area contributed by atoms with Crippen molar-refractivity contribution in [1.29, 1.82) is 5.26 Å². The van der Waals surface area contributed by atoms with Crippen LogP contribution in [0.5, 0.6) is 0 Å². The van der Waals surface area contributed by atoms with Crippen LogP contribution >= 0.6 is 45.2 Å². The molecule has 0 bridgehead atoms. The van der Waals surface area contributed by atoms with Crippen molar-refractivity contribution < 1.29 is 9.63 Å². The first-order valence-electron chi connectivity index (χ1n) is 3.40. The van der Waals surface area contributed by atoms with Crippen LogP contribution in [0.2, 0.25) is 0 Å². The SMILES string of the molecule is CON=C(C#N)C(=O)NCC(I)=CI. The Labute approximate surface area is 109 Å². The summed E-state index contributed by atoms with van der Waals surface area (Å²) >= 11 is 4.14.